The van der Waals surface area contributed by atoms with Gasteiger partial charge < -0.3 is 9.80 Å². The van der Waals surface area contributed by atoms with Gasteiger partial charge in [0.2, 0.25) is 5.03 Å². The second-order valence-corrected chi connectivity index (χ2v) is 11.1. The lowest BCUT2D eigenvalue weighted by atomic mass is 10.00. The molecule has 2 aromatic rings. The van der Waals surface area contributed by atoms with Crippen molar-refractivity contribution in [3.05, 3.63) is 41.1 Å². The number of piperazine rings is 1. The molecule has 174 valence electrons. The van der Waals surface area contributed by atoms with Crippen molar-refractivity contribution in [2.45, 2.75) is 38.6 Å². The fraction of sp³-hybridized carbons (Fsp3) is 0.565. The number of hydrogen-bond acceptors (Lipinski definition) is 5. The molecule has 0 aliphatic carbocycles. The second kappa shape index (κ2) is 8.86. The van der Waals surface area contributed by atoms with Crippen molar-refractivity contribution in [3.63, 3.8) is 0 Å². The first-order valence-corrected chi connectivity index (χ1v) is 12.8. The van der Waals surface area contributed by atoms with Crippen molar-refractivity contribution in [1.82, 2.24) is 19.0 Å². The molecule has 0 radical (unpaired) electrons. The SMILES string of the molecule is Cc1ccc(C)c(N2CCN(S(=O)(=O)c3nn(C)cc3C(=O)N3CCC[C@@H](C)C3)CC2)c1. The van der Waals surface area contributed by atoms with Crippen molar-refractivity contribution in [3.8, 4) is 0 Å². The average molecular weight is 460 g/mol. The zero-order valence-electron chi connectivity index (χ0n) is 19.4. The van der Waals surface area contributed by atoms with E-state index in [1.54, 1.807) is 18.1 Å². The third-order valence-corrected chi connectivity index (χ3v) is 8.33. The highest BCUT2D eigenvalue weighted by atomic mass is 32.2. The maximum absolute atomic E-state index is 13.5. The van der Waals surface area contributed by atoms with Crippen molar-refractivity contribution < 1.29 is 13.2 Å². The van der Waals surface area contributed by atoms with Crippen LogP contribution >= 0.6 is 0 Å². The van der Waals surface area contributed by atoms with Crippen LogP contribution in [0.2, 0.25) is 0 Å². The normalized spacial score (nSPS) is 20.6. The number of carbonyl (C=O) groups is 1. The number of benzene rings is 1. The van der Waals surface area contributed by atoms with Gasteiger partial charge in [0.15, 0.2) is 0 Å². The summed E-state index contributed by atoms with van der Waals surface area (Å²) in [4.78, 5) is 17.2. The summed E-state index contributed by atoms with van der Waals surface area (Å²) in [6, 6.07) is 6.33. The van der Waals surface area contributed by atoms with Gasteiger partial charge in [-0.3, -0.25) is 9.48 Å². The molecule has 32 heavy (non-hydrogen) atoms. The fourth-order valence-corrected chi connectivity index (χ4v) is 6.24. The van der Waals surface area contributed by atoms with Gasteiger partial charge in [-0.25, -0.2) is 8.42 Å². The number of piperidine rings is 1. The quantitative estimate of drug-likeness (QED) is 0.702. The Labute approximate surface area is 190 Å². The Morgan fingerprint density at radius 2 is 1.81 bits per heavy atom. The lowest BCUT2D eigenvalue weighted by Gasteiger charge is -2.36. The maximum atomic E-state index is 13.5. The summed E-state index contributed by atoms with van der Waals surface area (Å²) < 4.78 is 29.9. The molecule has 1 aromatic heterocycles. The molecule has 0 spiro atoms. The smallest absolute Gasteiger partial charge is 0.263 e. The van der Waals surface area contributed by atoms with Gasteiger partial charge in [-0.15, -0.1) is 0 Å². The topological polar surface area (TPSA) is 78.8 Å². The number of carbonyl (C=O) groups excluding carboxylic acids is 1. The van der Waals surface area contributed by atoms with Crippen LogP contribution in [0.5, 0.6) is 0 Å². The summed E-state index contributed by atoms with van der Waals surface area (Å²) in [6.07, 6.45) is 3.57. The zero-order chi connectivity index (χ0) is 23.0. The lowest BCUT2D eigenvalue weighted by molar-refractivity contribution is 0.0679. The van der Waals surface area contributed by atoms with E-state index in [0.29, 0.717) is 45.2 Å². The van der Waals surface area contributed by atoms with Crippen LogP contribution in [-0.2, 0) is 17.1 Å². The third-order valence-electron chi connectivity index (χ3n) is 6.50. The van der Waals surface area contributed by atoms with Gasteiger partial charge in [-0.2, -0.15) is 9.40 Å². The third kappa shape index (κ3) is 4.41. The molecule has 0 unspecified atom stereocenters. The minimum absolute atomic E-state index is 0.122. The summed E-state index contributed by atoms with van der Waals surface area (Å²) in [5, 5.41) is 4.10. The van der Waals surface area contributed by atoms with Crippen LogP contribution in [0.4, 0.5) is 5.69 Å². The highest BCUT2D eigenvalue weighted by Gasteiger charge is 2.36. The number of aryl methyl sites for hydroxylation is 3. The summed E-state index contributed by atoms with van der Waals surface area (Å²) in [5.74, 6) is 0.180. The van der Waals surface area contributed by atoms with Crippen LogP contribution < -0.4 is 4.90 Å². The predicted molar refractivity (Wildman–Crippen MR) is 124 cm³/mol. The predicted octanol–water partition coefficient (Wildman–Crippen LogP) is 2.42. The number of likely N-dealkylation sites (tertiary alicyclic amines) is 1. The monoisotopic (exact) mass is 459 g/mol. The van der Waals surface area contributed by atoms with E-state index in [1.165, 1.54) is 20.1 Å². The van der Waals surface area contributed by atoms with Crippen LogP contribution in [0.1, 0.15) is 41.3 Å². The van der Waals surface area contributed by atoms with Gasteiger partial charge >= 0.3 is 0 Å². The summed E-state index contributed by atoms with van der Waals surface area (Å²) in [6.45, 7) is 9.49. The Kier molecular flexibility index (Phi) is 6.31. The Morgan fingerprint density at radius 1 is 1.09 bits per heavy atom. The van der Waals surface area contributed by atoms with Crippen molar-refractivity contribution in [1.29, 1.82) is 0 Å². The zero-order valence-corrected chi connectivity index (χ0v) is 20.2. The van der Waals surface area contributed by atoms with Crippen molar-refractivity contribution in [2.24, 2.45) is 13.0 Å². The molecule has 1 amide bonds. The molecule has 4 rings (SSSR count). The standard InChI is InChI=1S/C23H33N5O3S/c1-17-7-8-19(3)21(14-17)26-10-12-28(13-11-26)32(30,31)22-20(16-25(4)24-22)23(29)27-9-5-6-18(2)15-27/h7-8,14,16,18H,5-6,9-13,15H2,1-4H3/t18-/m1/s1. The molecular weight excluding hydrogens is 426 g/mol. The molecule has 9 heteroatoms. The van der Waals surface area contributed by atoms with Crippen LogP contribution in [0, 0.1) is 19.8 Å². The highest BCUT2D eigenvalue weighted by molar-refractivity contribution is 7.89. The molecule has 1 atom stereocenters. The van der Waals surface area contributed by atoms with Gasteiger partial charge in [0, 0.05) is 58.2 Å². The Morgan fingerprint density at radius 3 is 2.50 bits per heavy atom. The number of hydrogen-bond donors (Lipinski definition) is 0. The first-order valence-electron chi connectivity index (χ1n) is 11.3. The van der Waals surface area contributed by atoms with Crippen molar-refractivity contribution in [2.75, 3.05) is 44.2 Å². The van der Waals surface area contributed by atoms with Crippen LogP contribution in [0.25, 0.3) is 0 Å². The molecule has 3 heterocycles. The number of anilines is 1. The maximum Gasteiger partial charge on any atom is 0.263 e. The lowest BCUT2D eigenvalue weighted by Crippen LogP contribution is -2.49. The van der Waals surface area contributed by atoms with Crippen molar-refractivity contribution >= 4 is 21.6 Å². The molecule has 2 saturated heterocycles. The van der Waals surface area contributed by atoms with Crippen LogP contribution in [0.3, 0.4) is 0 Å². The van der Waals surface area contributed by atoms with Gasteiger partial charge in [-0.05, 0) is 49.8 Å². The number of rotatable bonds is 4. The average Bonchev–Trinajstić information content (AvgIpc) is 3.17. The van der Waals surface area contributed by atoms with E-state index < -0.39 is 10.0 Å². The van der Waals surface area contributed by atoms with Gasteiger partial charge in [0.1, 0.15) is 0 Å². The van der Waals surface area contributed by atoms with Gasteiger partial charge in [0.05, 0.1) is 5.56 Å². The summed E-state index contributed by atoms with van der Waals surface area (Å²) in [5.41, 5.74) is 3.69. The van der Waals surface area contributed by atoms with Gasteiger partial charge in [-0.1, -0.05) is 19.1 Å². The molecule has 0 saturated carbocycles. The fourth-order valence-electron chi connectivity index (χ4n) is 4.70. The first kappa shape index (κ1) is 22.8. The summed E-state index contributed by atoms with van der Waals surface area (Å²) >= 11 is 0. The molecule has 0 N–H and O–H groups in total. The Balaban J connectivity index is 1.53. The van der Waals surface area contributed by atoms with E-state index in [1.807, 2.05) is 0 Å². The minimum Gasteiger partial charge on any atom is -0.369 e. The molecule has 2 aliphatic rings. The molecule has 2 aliphatic heterocycles. The first-order chi connectivity index (χ1) is 15.2. The van der Waals surface area contributed by atoms with E-state index in [4.69, 9.17) is 0 Å². The molecule has 0 bridgehead atoms. The number of aromatic nitrogens is 2. The molecule has 2 fully saturated rings. The molecule has 8 nitrogen and oxygen atoms in total. The number of amides is 1. The number of sulfonamides is 1. The van der Waals surface area contributed by atoms with E-state index in [-0.39, 0.29) is 16.5 Å². The Bertz CT molecular complexity index is 1100. The van der Waals surface area contributed by atoms with Crippen LogP contribution in [0.15, 0.2) is 29.4 Å². The van der Waals surface area contributed by atoms with E-state index in [2.05, 4.69) is 49.0 Å². The number of nitrogens with zero attached hydrogens (tertiary/aromatic N) is 5. The highest BCUT2D eigenvalue weighted by Crippen LogP contribution is 2.27. The second-order valence-electron chi connectivity index (χ2n) is 9.20. The molecule has 1 aromatic carbocycles. The van der Waals surface area contributed by atoms with E-state index in [9.17, 15) is 13.2 Å². The van der Waals surface area contributed by atoms with Gasteiger partial charge in [0.25, 0.3) is 15.9 Å². The van der Waals surface area contributed by atoms with E-state index >= 15 is 0 Å². The Hall–Kier alpha value is -2.39. The van der Waals surface area contributed by atoms with E-state index in [0.717, 1.165) is 18.5 Å². The minimum atomic E-state index is -3.87. The van der Waals surface area contributed by atoms with Crippen LogP contribution in [-0.4, -0.2) is 72.6 Å². The largest absolute Gasteiger partial charge is 0.369 e. The summed E-state index contributed by atoms with van der Waals surface area (Å²) in [7, 11) is -2.21. The molecular formula is C23H33N5O3S.